The number of nitrogens with zero attached hydrogens (tertiary/aromatic N) is 3. The van der Waals surface area contributed by atoms with Crippen molar-refractivity contribution < 1.29 is 4.39 Å². The SMILES string of the molecule is C=C(C)N=C(/C=C\C)c1c(-c2ccc(F)cc2)c(=O)n2n1CCC2. The molecule has 0 radical (unpaired) electrons. The molecule has 0 saturated carbocycles. The summed E-state index contributed by atoms with van der Waals surface area (Å²) in [6.45, 7) is 9.02. The van der Waals surface area contributed by atoms with E-state index in [1.54, 1.807) is 16.8 Å². The van der Waals surface area contributed by atoms with Crippen molar-refractivity contribution in [3.63, 3.8) is 0 Å². The smallest absolute Gasteiger partial charge is 0.275 e. The normalized spacial score (nSPS) is 14.4. The number of aliphatic imine (C=N–C) groups is 1. The van der Waals surface area contributed by atoms with Crippen LogP contribution < -0.4 is 5.56 Å². The van der Waals surface area contributed by atoms with Crippen LogP contribution in [0.2, 0.25) is 0 Å². The Kier molecular flexibility index (Phi) is 4.34. The highest BCUT2D eigenvalue weighted by molar-refractivity contribution is 6.12. The van der Waals surface area contributed by atoms with Crippen LogP contribution in [0.15, 0.2) is 58.5 Å². The Morgan fingerprint density at radius 1 is 1.25 bits per heavy atom. The summed E-state index contributed by atoms with van der Waals surface area (Å²) < 4.78 is 17.0. The summed E-state index contributed by atoms with van der Waals surface area (Å²) >= 11 is 0. The zero-order valence-electron chi connectivity index (χ0n) is 13.9. The first-order valence-corrected chi connectivity index (χ1v) is 7.99. The predicted octanol–water partition coefficient (Wildman–Crippen LogP) is 3.76. The van der Waals surface area contributed by atoms with E-state index in [1.165, 1.54) is 12.1 Å². The standard InChI is InChI=1S/C19H20FN3O/c1-4-6-16(21-13(2)3)18-17(14-7-9-15(20)10-8-14)19(24)23-12-5-11-22(18)23/h4,6-10H,2,5,11-12H2,1,3H3/b6-4-,21-16?. The summed E-state index contributed by atoms with van der Waals surface area (Å²) in [6.07, 6.45) is 4.69. The van der Waals surface area contributed by atoms with Gasteiger partial charge in [0, 0.05) is 18.8 Å². The third-order valence-electron chi connectivity index (χ3n) is 3.99. The second kappa shape index (κ2) is 6.43. The molecule has 2 aromatic rings. The molecule has 4 nitrogen and oxygen atoms in total. The van der Waals surface area contributed by atoms with Crippen LogP contribution in [-0.4, -0.2) is 15.1 Å². The fraction of sp³-hybridized carbons (Fsp3) is 0.263. The maximum absolute atomic E-state index is 13.3. The highest BCUT2D eigenvalue weighted by Gasteiger charge is 2.26. The minimum absolute atomic E-state index is 0.0620. The lowest BCUT2D eigenvalue weighted by molar-refractivity contribution is 0.591. The Labute approximate surface area is 140 Å². The largest absolute Gasteiger partial charge is 0.280 e. The minimum Gasteiger partial charge on any atom is -0.280 e. The first-order valence-electron chi connectivity index (χ1n) is 7.99. The van der Waals surface area contributed by atoms with E-state index < -0.39 is 0 Å². The van der Waals surface area contributed by atoms with Crippen molar-refractivity contribution in [3.05, 3.63) is 70.6 Å². The zero-order chi connectivity index (χ0) is 17.3. The van der Waals surface area contributed by atoms with Gasteiger partial charge < -0.3 is 0 Å². The summed E-state index contributed by atoms with van der Waals surface area (Å²) in [6, 6.07) is 6.02. The molecule has 0 fully saturated rings. The molecule has 2 heterocycles. The number of halogens is 1. The topological polar surface area (TPSA) is 39.3 Å². The van der Waals surface area contributed by atoms with Gasteiger partial charge in [-0.2, -0.15) is 0 Å². The number of hydrogen-bond acceptors (Lipinski definition) is 2. The molecule has 1 aliphatic rings. The molecule has 0 amide bonds. The monoisotopic (exact) mass is 325 g/mol. The Hall–Kier alpha value is -2.69. The Morgan fingerprint density at radius 3 is 2.54 bits per heavy atom. The summed E-state index contributed by atoms with van der Waals surface area (Å²) in [7, 11) is 0. The summed E-state index contributed by atoms with van der Waals surface area (Å²) in [4.78, 5) is 17.4. The number of aromatic nitrogens is 2. The lowest BCUT2D eigenvalue weighted by atomic mass is 10.0. The number of benzene rings is 1. The van der Waals surface area contributed by atoms with E-state index in [0.29, 0.717) is 29.1 Å². The molecule has 0 atom stereocenters. The molecule has 24 heavy (non-hydrogen) atoms. The molecule has 124 valence electrons. The Bertz CT molecular complexity index is 898. The molecule has 5 heteroatoms. The van der Waals surface area contributed by atoms with Gasteiger partial charge in [0.2, 0.25) is 0 Å². The molecule has 1 aliphatic heterocycles. The van der Waals surface area contributed by atoms with Gasteiger partial charge in [0.15, 0.2) is 0 Å². The van der Waals surface area contributed by atoms with Gasteiger partial charge in [-0.3, -0.25) is 14.5 Å². The quantitative estimate of drug-likeness (QED) is 0.789. The van der Waals surface area contributed by atoms with E-state index >= 15 is 0 Å². The molecule has 0 bridgehead atoms. The number of allylic oxidation sites excluding steroid dienone is 3. The summed E-state index contributed by atoms with van der Waals surface area (Å²) in [5.74, 6) is -0.323. The van der Waals surface area contributed by atoms with E-state index in [2.05, 4.69) is 11.6 Å². The Balaban J connectivity index is 2.32. The lowest BCUT2D eigenvalue weighted by Crippen LogP contribution is -2.17. The van der Waals surface area contributed by atoms with Gasteiger partial charge in [0.05, 0.1) is 17.0 Å². The van der Waals surface area contributed by atoms with E-state index in [9.17, 15) is 9.18 Å². The molecule has 0 spiro atoms. The van der Waals surface area contributed by atoms with E-state index in [0.717, 1.165) is 18.7 Å². The van der Waals surface area contributed by atoms with Crippen LogP contribution in [0.4, 0.5) is 4.39 Å². The van der Waals surface area contributed by atoms with Gasteiger partial charge in [-0.05, 0) is 44.0 Å². The molecule has 0 saturated heterocycles. The average Bonchev–Trinajstić information content (AvgIpc) is 3.10. The van der Waals surface area contributed by atoms with Gasteiger partial charge in [0.25, 0.3) is 5.56 Å². The van der Waals surface area contributed by atoms with Gasteiger partial charge in [-0.15, -0.1) is 0 Å². The van der Waals surface area contributed by atoms with Gasteiger partial charge in [-0.25, -0.2) is 9.07 Å². The van der Waals surface area contributed by atoms with Crippen LogP contribution in [0.3, 0.4) is 0 Å². The second-order valence-electron chi connectivity index (χ2n) is 5.87. The first kappa shape index (κ1) is 16.2. The molecule has 1 aromatic carbocycles. The minimum atomic E-state index is -0.323. The van der Waals surface area contributed by atoms with Crippen LogP contribution in [0.5, 0.6) is 0 Å². The van der Waals surface area contributed by atoms with Crippen LogP contribution >= 0.6 is 0 Å². The van der Waals surface area contributed by atoms with E-state index in [-0.39, 0.29) is 11.4 Å². The number of fused-ring (bicyclic) bond motifs is 1. The number of hydrogen-bond donors (Lipinski definition) is 0. The van der Waals surface area contributed by atoms with Crippen molar-refractivity contribution in [1.82, 2.24) is 9.36 Å². The van der Waals surface area contributed by atoms with Crippen LogP contribution in [-0.2, 0) is 13.1 Å². The molecular weight excluding hydrogens is 305 g/mol. The van der Waals surface area contributed by atoms with Gasteiger partial charge >= 0.3 is 0 Å². The summed E-state index contributed by atoms with van der Waals surface area (Å²) in [5, 5.41) is 0. The van der Waals surface area contributed by atoms with Crippen LogP contribution in [0, 0.1) is 5.82 Å². The predicted molar refractivity (Wildman–Crippen MR) is 94.9 cm³/mol. The molecule has 0 N–H and O–H groups in total. The third kappa shape index (κ3) is 2.77. The van der Waals surface area contributed by atoms with Crippen molar-refractivity contribution in [2.75, 3.05) is 0 Å². The Morgan fingerprint density at radius 2 is 1.92 bits per heavy atom. The zero-order valence-corrected chi connectivity index (χ0v) is 13.9. The van der Waals surface area contributed by atoms with Gasteiger partial charge in [0.1, 0.15) is 5.82 Å². The highest BCUT2D eigenvalue weighted by Crippen LogP contribution is 2.25. The van der Waals surface area contributed by atoms with Crippen LogP contribution in [0.25, 0.3) is 11.1 Å². The second-order valence-corrected chi connectivity index (χ2v) is 5.87. The lowest BCUT2D eigenvalue weighted by Gasteiger charge is -2.09. The van der Waals surface area contributed by atoms with Crippen molar-refractivity contribution in [2.45, 2.75) is 33.4 Å². The van der Waals surface area contributed by atoms with Crippen molar-refractivity contribution >= 4 is 5.71 Å². The molecule has 1 aromatic heterocycles. The fourth-order valence-corrected chi connectivity index (χ4v) is 3.08. The number of rotatable bonds is 4. The van der Waals surface area contributed by atoms with E-state index in [1.807, 2.05) is 30.7 Å². The summed E-state index contributed by atoms with van der Waals surface area (Å²) in [5.41, 5.74) is 3.33. The molecular formula is C19H20FN3O. The highest BCUT2D eigenvalue weighted by atomic mass is 19.1. The fourth-order valence-electron chi connectivity index (χ4n) is 3.08. The first-order chi connectivity index (χ1) is 11.5. The molecule has 0 unspecified atom stereocenters. The van der Waals surface area contributed by atoms with Crippen molar-refractivity contribution in [1.29, 1.82) is 0 Å². The molecule has 3 rings (SSSR count). The van der Waals surface area contributed by atoms with Crippen LogP contribution in [0.1, 0.15) is 26.0 Å². The maximum Gasteiger partial charge on any atom is 0.275 e. The van der Waals surface area contributed by atoms with Crippen molar-refractivity contribution in [3.8, 4) is 11.1 Å². The maximum atomic E-state index is 13.3. The van der Waals surface area contributed by atoms with E-state index in [4.69, 9.17) is 0 Å². The average molecular weight is 325 g/mol. The third-order valence-corrected chi connectivity index (χ3v) is 3.99. The van der Waals surface area contributed by atoms with Gasteiger partial charge in [-0.1, -0.05) is 24.8 Å². The van der Waals surface area contributed by atoms with Crippen molar-refractivity contribution in [2.24, 2.45) is 4.99 Å². The molecule has 0 aliphatic carbocycles.